The van der Waals surface area contributed by atoms with Crippen molar-refractivity contribution in [1.82, 2.24) is 0 Å². The third kappa shape index (κ3) is 9.73. The Kier molecular flexibility index (Phi) is 9.85. The number of carbonyl (C=O) groups excluding carboxylic acids is 3. The van der Waals surface area contributed by atoms with Gasteiger partial charge in [-0.05, 0) is 56.9 Å². The zero-order valence-electron chi connectivity index (χ0n) is 19.5. The van der Waals surface area contributed by atoms with E-state index < -0.39 is 23.5 Å². The average molecular weight is 453 g/mol. The van der Waals surface area contributed by atoms with Crippen molar-refractivity contribution in [2.45, 2.75) is 52.2 Å². The second-order valence-electron chi connectivity index (χ2n) is 8.70. The number of esters is 3. The van der Waals surface area contributed by atoms with Gasteiger partial charge in [-0.15, -0.1) is 0 Å². The van der Waals surface area contributed by atoms with Crippen LogP contribution in [0, 0.1) is 5.92 Å². The molecular weight excluding hydrogens is 420 g/mol. The average Bonchev–Trinajstić information content (AvgIpc) is 2.78. The topological polar surface area (TPSA) is 78.9 Å². The van der Waals surface area contributed by atoms with Gasteiger partial charge in [-0.1, -0.05) is 55.1 Å². The summed E-state index contributed by atoms with van der Waals surface area (Å²) < 4.78 is 15.9. The number of rotatable bonds is 11. The van der Waals surface area contributed by atoms with Crippen molar-refractivity contribution in [3.8, 4) is 0 Å². The Hall–Kier alpha value is -3.41. The quantitative estimate of drug-likeness (QED) is 0.270. The van der Waals surface area contributed by atoms with E-state index >= 15 is 0 Å². The fraction of sp³-hybridized carbons (Fsp3) is 0.370. The molecule has 1 unspecified atom stereocenters. The summed E-state index contributed by atoms with van der Waals surface area (Å²) in [5.74, 6) is -1.71. The Labute approximate surface area is 195 Å². The van der Waals surface area contributed by atoms with Crippen molar-refractivity contribution in [2.75, 3.05) is 6.61 Å². The van der Waals surface area contributed by atoms with E-state index in [9.17, 15) is 14.4 Å². The van der Waals surface area contributed by atoms with Crippen molar-refractivity contribution in [2.24, 2.45) is 5.92 Å². The molecule has 2 aromatic carbocycles. The summed E-state index contributed by atoms with van der Waals surface area (Å²) in [5, 5.41) is 0. The Morgan fingerprint density at radius 1 is 0.939 bits per heavy atom. The standard InChI is InChI=1S/C27H32O6/c1-5-17-31-24(28)16-15-23(25(29)32-19-21-9-7-6-8-10-21)18-20-11-13-22(14-12-20)26(30)33-27(2,3)4/h5-14,23H,1,15-19H2,2-4H3. The van der Waals surface area contributed by atoms with Crippen LogP contribution in [-0.4, -0.2) is 30.1 Å². The van der Waals surface area contributed by atoms with Crippen molar-refractivity contribution < 1.29 is 28.6 Å². The Balaban J connectivity index is 2.05. The lowest BCUT2D eigenvalue weighted by atomic mass is 9.94. The first-order valence-electron chi connectivity index (χ1n) is 11.0. The van der Waals surface area contributed by atoms with Crippen LogP contribution in [0.2, 0.25) is 0 Å². The fourth-order valence-corrected chi connectivity index (χ4v) is 3.06. The number of benzene rings is 2. The predicted octanol–water partition coefficient (Wildman–Crippen LogP) is 5.05. The first-order valence-corrected chi connectivity index (χ1v) is 11.0. The number of hydrogen-bond donors (Lipinski definition) is 0. The normalized spacial score (nSPS) is 11.8. The van der Waals surface area contributed by atoms with Crippen LogP contribution in [0.3, 0.4) is 0 Å². The molecule has 0 aliphatic carbocycles. The Morgan fingerprint density at radius 2 is 1.61 bits per heavy atom. The summed E-state index contributed by atoms with van der Waals surface area (Å²) in [6.07, 6.45) is 2.25. The van der Waals surface area contributed by atoms with Gasteiger partial charge < -0.3 is 14.2 Å². The van der Waals surface area contributed by atoms with E-state index in [4.69, 9.17) is 14.2 Å². The monoisotopic (exact) mass is 452 g/mol. The largest absolute Gasteiger partial charge is 0.461 e. The van der Waals surface area contributed by atoms with Gasteiger partial charge in [0.1, 0.15) is 18.8 Å². The molecule has 0 aliphatic heterocycles. The molecule has 0 saturated heterocycles. The molecule has 0 spiro atoms. The van der Waals surface area contributed by atoms with E-state index in [0.29, 0.717) is 12.0 Å². The van der Waals surface area contributed by atoms with Crippen LogP contribution in [-0.2, 0) is 36.8 Å². The van der Waals surface area contributed by atoms with Gasteiger partial charge in [-0.25, -0.2) is 4.79 Å². The van der Waals surface area contributed by atoms with Crippen molar-refractivity contribution in [3.63, 3.8) is 0 Å². The number of hydrogen-bond acceptors (Lipinski definition) is 6. The second-order valence-corrected chi connectivity index (χ2v) is 8.70. The van der Waals surface area contributed by atoms with Crippen LogP contribution in [0.25, 0.3) is 0 Å². The van der Waals surface area contributed by atoms with E-state index in [-0.39, 0.29) is 32.0 Å². The first-order chi connectivity index (χ1) is 15.7. The molecule has 0 bridgehead atoms. The van der Waals surface area contributed by atoms with E-state index in [0.717, 1.165) is 11.1 Å². The highest BCUT2D eigenvalue weighted by molar-refractivity contribution is 5.89. The molecule has 0 saturated carbocycles. The molecule has 0 heterocycles. The van der Waals surface area contributed by atoms with Crippen molar-refractivity contribution in [3.05, 3.63) is 83.9 Å². The summed E-state index contributed by atoms with van der Waals surface area (Å²) in [6, 6.07) is 16.3. The second kappa shape index (κ2) is 12.6. The van der Waals surface area contributed by atoms with Gasteiger partial charge in [0, 0.05) is 6.42 Å². The number of carbonyl (C=O) groups is 3. The van der Waals surface area contributed by atoms with Gasteiger partial charge in [0.15, 0.2) is 0 Å². The van der Waals surface area contributed by atoms with Gasteiger partial charge >= 0.3 is 17.9 Å². The van der Waals surface area contributed by atoms with Gasteiger partial charge in [0.2, 0.25) is 0 Å². The maximum absolute atomic E-state index is 12.8. The van der Waals surface area contributed by atoms with Gasteiger partial charge in [0.05, 0.1) is 11.5 Å². The van der Waals surface area contributed by atoms with E-state index in [1.165, 1.54) is 6.08 Å². The van der Waals surface area contributed by atoms with Crippen LogP contribution in [0.15, 0.2) is 67.3 Å². The molecule has 0 aliphatic rings. The van der Waals surface area contributed by atoms with Crippen molar-refractivity contribution >= 4 is 17.9 Å². The van der Waals surface area contributed by atoms with Gasteiger partial charge in [-0.3, -0.25) is 9.59 Å². The Bertz CT molecular complexity index is 925. The van der Waals surface area contributed by atoms with Crippen LogP contribution < -0.4 is 0 Å². The Morgan fingerprint density at radius 3 is 2.21 bits per heavy atom. The van der Waals surface area contributed by atoms with Crippen LogP contribution in [0.4, 0.5) is 0 Å². The van der Waals surface area contributed by atoms with E-state index in [1.54, 1.807) is 24.3 Å². The third-order valence-electron chi connectivity index (χ3n) is 4.69. The lowest BCUT2D eigenvalue weighted by Gasteiger charge is -2.19. The summed E-state index contributed by atoms with van der Waals surface area (Å²) >= 11 is 0. The van der Waals surface area contributed by atoms with E-state index in [2.05, 4.69) is 6.58 Å². The fourth-order valence-electron chi connectivity index (χ4n) is 3.06. The highest BCUT2D eigenvalue weighted by Gasteiger charge is 2.23. The highest BCUT2D eigenvalue weighted by Crippen LogP contribution is 2.19. The van der Waals surface area contributed by atoms with Gasteiger partial charge in [-0.2, -0.15) is 0 Å². The predicted molar refractivity (Wildman–Crippen MR) is 125 cm³/mol. The highest BCUT2D eigenvalue weighted by atomic mass is 16.6. The van der Waals surface area contributed by atoms with E-state index in [1.807, 2.05) is 51.1 Å². The number of ether oxygens (including phenoxy) is 3. The summed E-state index contributed by atoms with van der Waals surface area (Å²) in [5.41, 5.74) is 1.59. The molecule has 1 atom stereocenters. The minimum atomic E-state index is -0.580. The molecule has 6 heteroatoms. The molecular formula is C27H32O6. The zero-order valence-corrected chi connectivity index (χ0v) is 19.5. The van der Waals surface area contributed by atoms with Crippen LogP contribution in [0.1, 0.15) is 55.1 Å². The van der Waals surface area contributed by atoms with Crippen molar-refractivity contribution in [1.29, 1.82) is 0 Å². The summed E-state index contributed by atoms with van der Waals surface area (Å²) in [6.45, 7) is 9.25. The molecule has 0 radical (unpaired) electrons. The molecule has 0 N–H and O–H groups in total. The van der Waals surface area contributed by atoms with Gasteiger partial charge in [0.25, 0.3) is 0 Å². The molecule has 176 valence electrons. The SMILES string of the molecule is C=CCOC(=O)CCC(Cc1ccc(C(=O)OC(C)(C)C)cc1)C(=O)OCc1ccccc1. The summed E-state index contributed by atoms with van der Waals surface area (Å²) in [4.78, 5) is 37.0. The lowest BCUT2D eigenvalue weighted by molar-refractivity contribution is -0.151. The molecule has 2 aromatic rings. The lowest BCUT2D eigenvalue weighted by Crippen LogP contribution is -2.24. The first kappa shape index (κ1) is 25.8. The molecule has 0 aromatic heterocycles. The summed E-state index contributed by atoms with van der Waals surface area (Å²) in [7, 11) is 0. The van der Waals surface area contributed by atoms with Crippen LogP contribution in [0.5, 0.6) is 0 Å². The zero-order chi connectivity index (χ0) is 24.3. The molecule has 2 rings (SSSR count). The molecule has 33 heavy (non-hydrogen) atoms. The maximum atomic E-state index is 12.8. The smallest absolute Gasteiger partial charge is 0.338 e. The minimum Gasteiger partial charge on any atom is -0.461 e. The molecule has 0 amide bonds. The maximum Gasteiger partial charge on any atom is 0.338 e. The third-order valence-corrected chi connectivity index (χ3v) is 4.69. The molecule has 0 fully saturated rings. The van der Waals surface area contributed by atoms with Crippen LogP contribution >= 0.6 is 0 Å². The minimum absolute atomic E-state index is 0.0922. The molecule has 6 nitrogen and oxygen atoms in total.